The Labute approximate surface area is 173 Å². The van der Waals surface area contributed by atoms with E-state index in [2.05, 4.69) is 41.6 Å². The molecule has 0 aliphatic carbocycles. The maximum Gasteiger partial charge on any atom is 0.243 e. The summed E-state index contributed by atoms with van der Waals surface area (Å²) in [6, 6.07) is 8.36. The summed E-state index contributed by atoms with van der Waals surface area (Å²) in [7, 11) is 3.47. The smallest absolute Gasteiger partial charge is 0.243 e. The number of likely N-dealkylation sites (N-methyl/N-ethyl adjacent to an activating group) is 1. The summed E-state index contributed by atoms with van der Waals surface area (Å²) < 4.78 is 5.66. The number of aliphatic imine (C=N–C) groups is 1. The van der Waals surface area contributed by atoms with Crippen LogP contribution in [0.2, 0.25) is 0 Å². The van der Waals surface area contributed by atoms with Crippen molar-refractivity contribution in [2.24, 2.45) is 4.99 Å². The highest BCUT2D eigenvalue weighted by atomic mass is 127. The zero-order valence-corrected chi connectivity index (χ0v) is 18.4. The molecular formula is C19H31IN4O2. The van der Waals surface area contributed by atoms with E-state index >= 15 is 0 Å². The molecule has 0 bridgehead atoms. The third-order valence-electron chi connectivity index (χ3n) is 4.40. The van der Waals surface area contributed by atoms with Gasteiger partial charge in [0.15, 0.2) is 5.96 Å². The predicted octanol–water partition coefficient (Wildman–Crippen LogP) is 2.48. The van der Waals surface area contributed by atoms with Gasteiger partial charge in [-0.1, -0.05) is 24.3 Å². The number of hydrogen-bond acceptors (Lipinski definition) is 3. The Bertz CT molecular complexity index is 601. The van der Waals surface area contributed by atoms with Crippen molar-refractivity contribution in [3.63, 3.8) is 0 Å². The summed E-state index contributed by atoms with van der Waals surface area (Å²) >= 11 is 0. The van der Waals surface area contributed by atoms with Crippen LogP contribution in [0.4, 0.5) is 0 Å². The molecule has 1 aliphatic rings. The number of benzene rings is 1. The minimum Gasteiger partial charge on any atom is -0.376 e. The molecule has 1 aromatic rings. The Morgan fingerprint density at radius 2 is 2.12 bits per heavy atom. The quantitative estimate of drug-likeness (QED) is 0.378. The Hall–Kier alpha value is -1.35. The van der Waals surface area contributed by atoms with Gasteiger partial charge in [-0.15, -0.1) is 24.0 Å². The van der Waals surface area contributed by atoms with Gasteiger partial charge in [0.05, 0.1) is 12.1 Å². The van der Waals surface area contributed by atoms with E-state index < -0.39 is 0 Å². The van der Waals surface area contributed by atoms with E-state index in [0.29, 0.717) is 12.5 Å². The third-order valence-corrected chi connectivity index (χ3v) is 4.40. The van der Waals surface area contributed by atoms with E-state index in [4.69, 9.17) is 4.74 Å². The monoisotopic (exact) mass is 474 g/mol. The molecule has 2 unspecified atom stereocenters. The minimum absolute atomic E-state index is 0. The van der Waals surface area contributed by atoms with E-state index in [1.165, 1.54) is 11.1 Å². The van der Waals surface area contributed by atoms with Crippen LogP contribution in [0.1, 0.15) is 36.9 Å². The number of ether oxygens (including phenoxy) is 1. The van der Waals surface area contributed by atoms with Crippen LogP contribution in [-0.4, -0.2) is 56.7 Å². The molecule has 146 valence electrons. The summed E-state index contributed by atoms with van der Waals surface area (Å²) in [5.74, 6) is 0.614. The number of hydrogen-bond donors (Lipinski definition) is 2. The molecule has 2 atom stereocenters. The Morgan fingerprint density at radius 1 is 1.38 bits per heavy atom. The van der Waals surface area contributed by atoms with Gasteiger partial charge in [-0.2, -0.15) is 0 Å². The Kier molecular flexibility index (Phi) is 9.93. The lowest BCUT2D eigenvalue weighted by Gasteiger charge is -2.21. The average molecular weight is 474 g/mol. The molecule has 1 fully saturated rings. The lowest BCUT2D eigenvalue weighted by atomic mass is 10.0. The molecule has 2 rings (SSSR count). The molecule has 0 radical (unpaired) electrons. The van der Waals surface area contributed by atoms with Gasteiger partial charge in [0.1, 0.15) is 6.54 Å². The summed E-state index contributed by atoms with van der Waals surface area (Å²) in [4.78, 5) is 17.9. The fourth-order valence-corrected chi connectivity index (χ4v) is 2.81. The van der Waals surface area contributed by atoms with Crippen molar-refractivity contribution in [2.45, 2.75) is 38.8 Å². The van der Waals surface area contributed by atoms with Crippen molar-refractivity contribution >= 4 is 35.8 Å². The van der Waals surface area contributed by atoms with Crippen LogP contribution in [0.25, 0.3) is 0 Å². The molecule has 1 aliphatic heterocycles. The van der Waals surface area contributed by atoms with Gasteiger partial charge < -0.3 is 20.3 Å². The van der Waals surface area contributed by atoms with Gasteiger partial charge in [0.2, 0.25) is 5.91 Å². The second-order valence-electron chi connectivity index (χ2n) is 6.69. The molecule has 6 nitrogen and oxygen atoms in total. The Morgan fingerprint density at radius 3 is 2.73 bits per heavy atom. The topological polar surface area (TPSA) is 66.0 Å². The fourth-order valence-electron chi connectivity index (χ4n) is 2.81. The highest BCUT2D eigenvalue weighted by molar-refractivity contribution is 14.0. The zero-order valence-electron chi connectivity index (χ0n) is 16.1. The molecule has 1 aromatic carbocycles. The summed E-state index contributed by atoms with van der Waals surface area (Å²) in [5, 5.41) is 6.72. The van der Waals surface area contributed by atoms with Crippen molar-refractivity contribution in [3.05, 3.63) is 35.4 Å². The molecule has 0 aromatic heterocycles. The van der Waals surface area contributed by atoms with Crippen molar-refractivity contribution in [1.29, 1.82) is 0 Å². The zero-order chi connectivity index (χ0) is 18.2. The van der Waals surface area contributed by atoms with E-state index in [9.17, 15) is 4.79 Å². The number of amides is 1. The summed E-state index contributed by atoms with van der Waals surface area (Å²) in [6.45, 7) is 5.83. The van der Waals surface area contributed by atoms with E-state index in [1.807, 2.05) is 12.1 Å². The molecule has 2 N–H and O–H groups in total. The van der Waals surface area contributed by atoms with Crippen LogP contribution >= 0.6 is 24.0 Å². The van der Waals surface area contributed by atoms with Crippen LogP contribution in [0.5, 0.6) is 0 Å². The largest absolute Gasteiger partial charge is 0.376 e. The maximum absolute atomic E-state index is 11.9. The first kappa shape index (κ1) is 22.7. The average Bonchev–Trinajstić information content (AvgIpc) is 3.10. The van der Waals surface area contributed by atoms with Crippen LogP contribution in [0, 0.1) is 6.92 Å². The van der Waals surface area contributed by atoms with Gasteiger partial charge in [0.25, 0.3) is 0 Å². The van der Waals surface area contributed by atoms with Gasteiger partial charge in [-0.05, 0) is 37.8 Å². The van der Waals surface area contributed by atoms with E-state index in [1.54, 1.807) is 19.0 Å². The number of rotatable bonds is 6. The van der Waals surface area contributed by atoms with Crippen LogP contribution < -0.4 is 10.6 Å². The maximum atomic E-state index is 11.9. The number of nitrogens with one attached hydrogen (secondary N) is 2. The standard InChI is InChI=1S/C19H30N4O2.HI/c1-14-8-5-6-10-17(14)15(2)22-19(21-13-18(24)23(3)4)20-12-16-9-7-11-25-16;/h5-6,8,10,15-16H,7,9,11-13H2,1-4H3,(H2,20,21,22);1H. The van der Waals surface area contributed by atoms with E-state index in [0.717, 1.165) is 19.4 Å². The van der Waals surface area contributed by atoms with Crippen molar-refractivity contribution < 1.29 is 9.53 Å². The number of guanidine groups is 1. The molecule has 0 saturated carbocycles. The highest BCUT2D eigenvalue weighted by Crippen LogP contribution is 2.16. The molecule has 1 heterocycles. The van der Waals surface area contributed by atoms with Gasteiger partial charge >= 0.3 is 0 Å². The first-order chi connectivity index (χ1) is 12.0. The van der Waals surface area contributed by atoms with Crippen LogP contribution in [-0.2, 0) is 9.53 Å². The number of nitrogens with zero attached hydrogens (tertiary/aromatic N) is 2. The van der Waals surface area contributed by atoms with Gasteiger partial charge in [0, 0.05) is 27.2 Å². The van der Waals surface area contributed by atoms with Gasteiger partial charge in [-0.3, -0.25) is 4.79 Å². The molecule has 1 saturated heterocycles. The highest BCUT2D eigenvalue weighted by Gasteiger charge is 2.17. The third kappa shape index (κ3) is 7.11. The van der Waals surface area contributed by atoms with Crippen LogP contribution in [0.15, 0.2) is 29.3 Å². The lowest BCUT2D eigenvalue weighted by Crippen LogP contribution is -2.43. The molecule has 1 amide bonds. The first-order valence-corrected chi connectivity index (χ1v) is 8.89. The second-order valence-corrected chi connectivity index (χ2v) is 6.69. The predicted molar refractivity (Wildman–Crippen MR) is 116 cm³/mol. The molecule has 0 spiro atoms. The van der Waals surface area contributed by atoms with Crippen molar-refractivity contribution in [3.8, 4) is 0 Å². The van der Waals surface area contributed by atoms with Crippen molar-refractivity contribution in [2.75, 3.05) is 33.8 Å². The number of halogens is 1. The first-order valence-electron chi connectivity index (χ1n) is 8.89. The molecule has 26 heavy (non-hydrogen) atoms. The molecule has 7 heteroatoms. The SMILES string of the molecule is Cc1ccccc1C(C)NC(=NCC(=O)N(C)C)NCC1CCCO1.I. The lowest BCUT2D eigenvalue weighted by molar-refractivity contribution is -0.127. The summed E-state index contributed by atoms with van der Waals surface area (Å²) in [6.07, 6.45) is 2.38. The fraction of sp³-hybridized carbons (Fsp3) is 0.579. The van der Waals surface area contributed by atoms with Crippen molar-refractivity contribution in [1.82, 2.24) is 15.5 Å². The van der Waals surface area contributed by atoms with Gasteiger partial charge in [-0.25, -0.2) is 4.99 Å². The number of carbonyl (C=O) groups excluding carboxylic acids is 1. The molecular weight excluding hydrogens is 443 g/mol. The normalized spacial score (nSPS) is 18.0. The Balaban J connectivity index is 0.00000338. The summed E-state index contributed by atoms with van der Waals surface area (Å²) in [5.41, 5.74) is 2.44. The van der Waals surface area contributed by atoms with Crippen LogP contribution in [0.3, 0.4) is 0 Å². The number of carbonyl (C=O) groups is 1. The second kappa shape index (κ2) is 11.4. The number of aryl methyl sites for hydroxylation is 1. The minimum atomic E-state index is -0.0261. The van der Waals surface area contributed by atoms with E-state index in [-0.39, 0.29) is 48.6 Å².